The third-order valence-corrected chi connectivity index (χ3v) is 1.45. The summed E-state index contributed by atoms with van der Waals surface area (Å²) in [6.45, 7) is 1.58. The van der Waals surface area contributed by atoms with E-state index in [0.717, 1.165) is 0 Å². The lowest BCUT2D eigenvalue weighted by Crippen LogP contribution is -2.35. The van der Waals surface area contributed by atoms with Gasteiger partial charge in [-0.3, -0.25) is 0 Å². The summed E-state index contributed by atoms with van der Waals surface area (Å²) in [6.07, 6.45) is -7.02. The Morgan fingerprint density at radius 1 is 1.45 bits per heavy atom. The number of halogens is 3. The minimum absolute atomic E-state index is 0.306. The van der Waals surface area contributed by atoms with Gasteiger partial charge in [0.05, 0.1) is 0 Å². The zero-order valence-electron chi connectivity index (χ0n) is 6.44. The molecule has 0 saturated carbocycles. The molecule has 0 aliphatic rings. The van der Waals surface area contributed by atoms with Gasteiger partial charge in [-0.15, -0.1) is 0 Å². The van der Waals surface area contributed by atoms with E-state index in [1.54, 1.807) is 14.0 Å². The van der Waals surface area contributed by atoms with E-state index < -0.39 is 12.3 Å². The van der Waals surface area contributed by atoms with E-state index in [0.29, 0.717) is 0 Å². The molecule has 0 fully saturated rings. The van der Waals surface area contributed by atoms with Gasteiger partial charge in [-0.1, -0.05) is 0 Å². The summed E-state index contributed by atoms with van der Waals surface area (Å²) in [5, 5.41) is 11.1. The van der Waals surface area contributed by atoms with Crippen molar-refractivity contribution in [3.63, 3.8) is 0 Å². The van der Waals surface area contributed by atoms with E-state index >= 15 is 0 Å². The zero-order valence-corrected chi connectivity index (χ0v) is 6.44. The lowest BCUT2D eigenvalue weighted by molar-refractivity contribution is -0.206. The fourth-order valence-corrected chi connectivity index (χ4v) is 0.586. The van der Waals surface area contributed by atoms with Crippen LogP contribution >= 0.6 is 0 Å². The van der Waals surface area contributed by atoms with Crippen LogP contribution in [0.25, 0.3) is 0 Å². The topological polar surface area (TPSA) is 32.3 Å². The van der Waals surface area contributed by atoms with Crippen molar-refractivity contribution in [2.45, 2.75) is 31.7 Å². The Kier molecular flexibility index (Phi) is 3.82. The maximum absolute atomic E-state index is 11.7. The van der Waals surface area contributed by atoms with E-state index in [1.165, 1.54) is 0 Å². The highest BCUT2D eigenvalue weighted by Gasteiger charge is 2.38. The van der Waals surface area contributed by atoms with Gasteiger partial charge in [-0.05, 0) is 20.4 Å². The van der Waals surface area contributed by atoms with Crippen molar-refractivity contribution >= 4 is 0 Å². The third kappa shape index (κ3) is 4.21. The maximum Gasteiger partial charge on any atom is 0.414 e. The molecule has 0 bridgehead atoms. The first kappa shape index (κ1) is 10.7. The Hall–Kier alpha value is -0.290. The average Bonchev–Trinajstić information content (AvgIpc) is 1.85. The third-order valence-electron chi connectivity index (χ3n) is 1.45. The molecule has 0 amide bonds. The van der Waals surface area contributed by atoms with Crippen LogP contribution in [-0.2, 0) is 0 Å². The second kappa shape index (κ2) is 3.92. The molecule has 0 heterocycles. The number of nitrogens with one attached hydrogen (secondary N) is 1. The highest BCUT2D eigenvalue weighted by atomic mass is 19.4. The fraction of sp³-hybridized carbons (Fsp3) is 1.00. The van der Waals surface area contributed by atoms with Crippen LogP contribution in [0.4, 0.5) is 13.2 Å². The van der Waals surface area contributed by atoms with E-state index in [2.05, 4.69) is 5.32 Å². The van der Waals surface area contributed by atoms with E-state index in [-0.39, 0.29) is 12.5 Å². The molecule has 2 atom stereocenters. The van der Waals surface area contributed by atoms with Crippen LogP contribution in [0.3, 0.4) is 0 Å². The van der Waals surface area contributed by atoms with Crippen LogP contribution in [0, 0.1) is 0 Å². The van der Waals surface area contributed by atoms with Gasteiger partial charge < -0.3 is 10.4 Å². The molecule has 11 heavy (non-hydrogen) atoms. The largest absolute Gasteiger partial charge is 0.414 e. The summed E-state index contributed by atoms with van der Waals surface area (Å²) >= 11 is 0. The Morgan fingerprint density at radius 3 is 2.18 bits per heavy atom. The van der Waals surface area contributed by atoms with Gasteiger partial charge >= 0.3 is 6.18 Å². The predicted molar refractivity (Wildman–Crippen MR) is 35.2 cm³/mol. The fourth-order valence-electron chi connectivity index (χ4n) is 0.586. The molecule has 0 aliphatic carbocycles. The molecule has 0 saturated heterocycles. The number of alkyl halides is 3. The number of rotatable bonds is 3. The summed E-state index contributed by atoms with van der Waals surface area (Å²) in [4.78, 5) is 0. The minimum atomic E-state index is -4.49. The van der Waals surface area contributed by atoms with Crippen molar-refractivity contribution in [1.82, 2.24) is 5.32 Å². The lowest BCUT2D eigenvalue weighted by Gasteiger charge is -2.17. The predicted octanol–water partition coefficient (Wildman–Crippen LogP) is 0.908. The van der Waals surface area contributed by atoms with Gasteiger partial charge in [0, 0.05) is 6.04 Å². The van der Waals surface area contributed by atoms with E-state index in [9.17, 15) is 13.2 Å². The Balaban J connectivity index is 3.77. The Morgan fingerprint density at radius 2 is 1.91 bits per heavy atom. The van der Waals surface area contributed by atoms with Crippen LogP contribution in [0.1, 0.15) is 13.3 Å². The highest BCUT2D eigenvalue weighted by Crippen LogP contribution is 2.22. The molecule has 2 N–H and O–H groups in total. The molecule has 0 aliphatic heterocycles. The first-order chi connectivity index (χ1) is 4.88. The molecule has 0 spiro atoms. The molecular weight excluding hydrogens is 159 g/mol. The van der Waals surface area contributed by atoms with Crippen molar-refractivity contribution in [3.8, 4) is 0 Å². The number of hydrogen-bond acceptors (Lipinski definition) is 2. The summed E-state index contributed by atoms with van der Waals surface area (Å²) in [7, 11) is 1.55. The van der Waals surface area contributed by atoms with Crippen molar-refractivity contribution in [2.75, 3.05) is 7.05 Å². The molecule has 2 nitrogen and oxygen atoms in total. The summed E-state index contributed by atoms with van der Waals surface area (Å²) in [5.41, 5.74) is 0. The standard InChI is InChI=1S/C6H12F3NO/c1-4(10-2)3-5(11)6(7,8)9/h4-5,10-11H,3H2,1-2H3. The molecular formula is C6H12F3NO. The second-order valence-corrected chi connectivity index (χ2v) is 2.48. The van der Waals surface area contributed by atoms with Crippen molar-refractivity contribution < 1.29 is 18.3 Å². The molecule has 5 heteroatoms. The summed E-state index contributed by atoms with van der Waals surface area (Å²) in [5.74, 6) is 0. The molecule has 0 aromatic heterocycles. The number of aliphatic hydroxyl groups is 1. The van der Waals surface area contributed by atoms with Gasteiger partial charge in [0.2, 0.25) is 0 Å². The van der Waals surface area contributed by atoms with E-state index in [4.69, 9.17) is 5.11 Å². The van der Waals surface area contributed by atoms with Crippen LogP contribution in [-0.4, -0.2) is 30.5 Å². The first-order valence-corrected chi connectivity index (χ1v) is 3.30. The van der Waals surface area contributed by atoms with Gasteiger partial charge in [-0.25, -0.2) is 0 Å². The minimum Gasteiger partial charge on any atom is -0.384 e. The zero-order chi connectivity index (χ0) is 9.07. The van der Waals surface area contributed by atoms with Crippen molar-refractivity contribution in [3.05, 3.63) is 0 Å². The molecule has 2 unspecified atom stereocenters. The highest BCUT2D eigenvalue weighted by molar-refractivity contribution is 4.70. The Bertz CT molecular complexity index is 115. The van der Waals surface area contributed by atoms with Gasteiger partial charge in [0.25, 0.3) is 0 Å². The summed E-state index contributed by atoms with van der Waals surface area (Å²) in [6, 6.07) is -0.327. The maximum atomic E-state index is 11.7. The first-order valence-electron chi connectivity index (χ1n) is 3.30. The lowest BCUT2D eigenvalue weighted by atomic mass is 10.1. The van der Waals surface area contributed by atoms with Gasteiger partial charge in [-0.2, -0.15) is 13.2 Å². The van der Waals surface area contributed by atoms with E-state index in [1.807, 2.05) is 0 Å². The van der Waals surface area contributed by atoms with Crippen LogP contribution < -0.4 is 5.32 Å². The number of hydrogen-bond donors (Lipinski definition) is 2. The van der Waals surface area contributed by atoms with Crippen LogP contribution in [0.5, 0.6) is 0 Å². The van der Waals surface area contributed by atoms with Crippen molar-refractivity contribution in [2.24, 2.45) is 0 Å². The Labute approximate surface area is 63.4 Å². The van der Waals surface area contributed by atoms with Gasteiger partial charge in [0.1, 0.15) is 0 Å². The van der Waals surface area contributed by atoms with Gasteiger partial charge in [0.15, 0.2) is 6.10 Å². The summed E-state index contributed by atoms with van der Waals surface area (Å²) < 4.78 is 35.0. The molecule has 0 radical (unpaired) electrons. The molecule has 68 valence electrons. The molecule has 0 aromatic rings. The number of aliphatic hydroxyl groups excluding tert-OH is 1. The normalized spacial score (nSPS) is 18.0. The average molecular weight is 171 g/mol. The van der Waals surface area contributed by atoms with Crippen molar-refractivity contribution in [1.29, 1.82) is 0 Å². The smallest absolute Gasteiger partial charge is 0.384 e. The van der Waals surface area contributed by atoms with Crippen LogP contribution in [0.2, 0.25) is 0 Å². The van der Waals surface area contributed by atoms with Crippen LogP contribution in [0.15, 0.2) is 0 Å². The monoisotopic (exact) mass is 171 g/mol. The second-order valence-electron chi connectivity index (χ2n) is 2.48. The quantitative estimate of drug-likeness (QED) is 0.661. The SMILES string of the molecule is CNC(C)CC(O)C(F)(F)F. The molecule has 0 rings (SSSR count). The molecule has 0 aromatic carbocycles.